The van der Waals surface area contributed by atoms with E-state index in [4.69, 9.17) is 4.74 Å². The molecule has 0 saturated carbocycles. The highest BCUT2D eigenvalue weighted by Crippen LogP contribution is 2.31. The predicted octanol–water partition coefficient (Wildman–Crippen LogP) is 1.86. The number of aliphatic hydroxyl groups excluding tert-OH is 1. The zero-order valence-electron chi connectivity index (χ0n) is 14.1. The van der Waals surface area contributed by atoms with Gasteiger partial charge < -0.3 is 15.2 Å². The number of hydrogen-bond acceptors (Lipinski definition) is 7. The Hall–Kier alpha value is -2.59. The van der Waals surface area contributed by atoms with Gasteiger partial charge >= 0.3 is 6.09 Å². The quantitative estimate of drug-likeness (QED) is 0.820. The van der Waals surface area contributed by atoms with E-state index in [2.05, 4.69) is 15.5 Å². The molecule has 2 heterocycles. The molecule has 0 aliphatic carbocycles. The molecule has 0 radical (unpaired) electrons. The molecule has 1 aliphatic rings. The first-order valence-corrected chi connectivity index (χ1v) is 8.70. The van der Waals surface area contributed by atoms with Crippen LogP contribution in [0.4, 0.5) is 14.9 Å². The molecule has 1 saturated heterocycles. The summed E-state index contributed by atoms with van der Waals surface area (Å²) in [6.45, 7) is 3.34. The highest BCUT2D eigenvalue weighted by atomic mass is 32.1. The van der Waals surface area contributed by atoms with Crippen LogP contribution in [0, 0.1) is 5.82 Å². The zero-order chi connectivity index (χ0) is 18.8. The summed E-state index contributed by atoms with van der Waals surface area (Å²) in [7, 11) is 0. The summed E-state index contributed by atoms with van der Waals surface area (Å²) in [5.41, 5.74) is 0.586. The second-order valence-electron chi connectivity index (χ2n) is 5.84. The van der Waals surface area contributed by atoms with Gasteiger partial charge in [0.05, 0.1) is 18.8 Å². The number of nitrogens with zero attached hydrogens (tertiary/aromatic N) is 3. The molecule has 1 unspecified atom stereocenters. The molecule has 3 rings (SSSR count). The lowest BCUT2D eigenvalue weighted by atomic mass is 10.2. The van der Waals surface area contributed by atoms with Gasteiger partial charge in [0.2, 0.25) is 5.91 Å². The summed E-state index contributed by atoms with van der Waals surface area (Å²) in [5.74, 6) is -0.780. The molecule has 0 spiro atoms. The average molecular weight is 380 g/mol. The van der Waals surface area contributed by atoms with Gasteiger partial charge in [0, 0.05) is 12.5 Å². The number of nitrogens with one attached hydrogen (secondary N) is 1. The maximum Gasteiger partial charge on any atom is 0.414 e. The second-order valence-corrected chi connectivity index (χ2v) is 6.85. The molecule has 1 aromatic carbocycles. The van der Waals surface area contributed by atoms with Crippen molar-refractivity contribution in [3.63, 3.8) is 0 Å². The SMILES string of the molecule is CC(=O)NCC1CN(c2ccc(-c3nnc([C@H](C)O)s3)c(F)c2)C(=O)O1. The fraction of sp³-hybridized carbons (Fsp3) is 0.375. The fourth-order valence-corrected chi connectivity index (χ4v) is 3.26. The number of rotatable bonds is 5. The van der Waals surface area contributed by atoms with Crippen LogP contribution in [0.2, 0.25) is 0 Å². The number of amides is 2. The number of anilines is 1. The summed E-state index contributed by atoms with van der Waals surface area (Å²) < 4.78 is 19.7. The minimum absolute atomic E-state index is 0.199. The largest absolute Gasteiger partial charge is 0.442 e. The molecule has 8 nitrogen and oxygen atoms in total. The monoisotopic (exact) mass is 380 g/mol. The van der Waals surface area contributed by atoms with Crippen molar-refractivity contribution in [2.45, 2.75) is 26.1 Å². The third-order valence-corrected chi connectivity index (χ3v) is 4.87. The molecule has 2 amide bonds. The molecule has 26 heavy (non-hydrogen) atoms. The van der Waals surface area contributed by atoms with Gasteiger partial charge in [0.1, 0.15) is 23.0 Å². The maximum atomic E-state index is 14.5. The van der Waals surface area contributed by atoms with Crippen LogP contribution in [0.15, 0.2) is 18.2 Å². The summed E-state index contributed by atoms with van der Waals surface area (Å²) in [6.07, 6.45) is -1.87. The molecule has 0 bridgehead atoms. The van der Waals surface area contributed by atoms with Crippen LogP contribution >= 0.6 is 11.3 Å². The van der Waals surface area contributed by atoms with Gasteiger partial charge in [-0.15, -0.1) is 10.2 Å². The molecule has 1 aromatic heterocycles. The number of carbonyl (C=O) groups excluding carboxylic acids is 2. The van der Waals surface area contributed by atoms with Gasteiger partial charge in [-0.2, -0.15) is 0 Å². The molecular formula is C16H17FN4O4S. The van der Waals surface area contributed by atoms with E-state index in [1.165, 1.54) is 24.0 Å². The third kappa shape index (κ3) is 3.81. The standard InChI is InChI=1S/C16H17FN4O4S/c1-8(22)14-19-20-15(26-14)12-4-3-10(5-13(12)17)21-7-11(25-16(21)24)6-18-9(2)23/h3-5,8,11,22H,6-7H2,1-2H3,(H,18,23)/t8-,11?/m0/s1. The summed E-state index contributed by atoms with van der Waals surface area (Å²) in [6, 6.07) is 4.32. The van der Waals surface area contributed by atoms with E-state index in [-0.39, 0.29) is 24.6 Å². The lowest BCUT2D eigenvalue weighted by Gasteiger charge is -2.14. The van der Waals surface area contributed by atoms with E-state index in [0.717, 1.165) is 11.3 Å². The number of cyclic esters (lactones) is 1. The topological polar surface area (TPSA) is 105 Å². The minimum atomic E-state index is -0.775. The number of benzene rings is 1. The number of hydrogen-bond donors (Lipinski definition) is 2. The van der Waals surface area contributed by atoms with Crippen molar-refractivity contribution >= 4 is 29.0 Å². The Morgan fingerprint density at radius 2 is 2.31 bits per heavy atom. The summed E-state index contributed by atoms with van der Waals surface area (Å²) in [5, 5.41) is 20.5. The van der Waals surface area contributed by atoms with Crippen LogP contribution in [-0.2, 0) is 9.53 Å². The van der Waals surface area contributed by atoms with Crippen molar-refractivity contribution in [2.24, 2.45) is 0 Å². The Morgan fingerprint density at radius 3 is 2.92 bits per heavy atom. The van der Waals surface area contributed by atoms with Crippen LogP contribution in [0.1, 0.15) is 25.0 Å². The van der Waals surface area contributed by atoms with E-state index in [0.29, 0.717) is 15.7 Å². The number of ether oxygens (including phenoxy) is 1. The molecule has 1 fully saturated rings. The van der Waals surface area contributed by atoms with E-state index in [1.54, 1.807) is 13.0 Å². The fourth-order valence-electron chi connectivity index (χ4n) is 2.45. The molecule has 1 aliphatic heterocycles. The number of carbonyl (C=O) groups is 2. The van der Waals surface area contributed by atoms with Crippen molar-refractivity contribution in [2.75, 3.05) is 18.0 Å². The first-order chi connectivity index (χ1) is 12.3. The Morgan fingerprint density at radius 1 is 1.54 bits per heavy atom. The lowest BCUT2D eigenvalue weighted by molar-refractivity contribution is -0.119. The summed E-state index contributed by atoms with van der Waals surface area (Å²) >= 11 is 1.10. The average Bonchev–Trinajstić information content (AvgIpc) is 3.20. The van der Waals surface area contributed by atoms with Crippen LogP contribution < -0.4 is 10.2 Å². The highest BCUT2D eigenvalue weighted by molar-refractivity contribution is 7.14. The minimum Gasteiger partial charge on any atom is -0.442 e. The predicted molar refractivity (Wildman–Crippen MR) is 92.2 cm³/mol. The van der Waals surface area contributed by atoms with Gasteiger partial charge in [-0.25, -0.2) is 9.18 Å². The van der Waals surface area contributed by atoms with Crippen LogP contribution in [-0.4, -0.2) is 46.5 Å². The Labute approximate surface area is 152 Å². The first kappa shape index (κ1) is 18.2. The van der Waals surface area contributed by atoms with E-state index >= 15 is 0 Å². The Bertz CT molecular complexity index is 841. The van der Waals surface area contributed by atoms with Crippen LogP contribution in [0.25, 0.3) is 10.6 Å². The van der Waals surface area contributed by atoms with Gasteiger partial charge in [-0.05, 0) is 25.1 Å². The van der Waals surface area contributed by atoms with Crippen molar-refractivity contribution in [3.8, 4) is 10.6 Å². The zero-order valence-corrected chi connectivity index (χ0v) is 14.9. The van der Waals surface area contributed by atoms with E-state index < -0.39 is 24.1 Å². The molecular weight excluding hydrogens is 363 g/mol. The Kier molecular flexibility index (Phi) is 5.14. The lowest BCUT2D eigenvalue weighted by Crippen LogP contribution is -2.33. The normalized spacial score (nSPS) is 17.9. The number of aromatic nitrogens is 2. The van der Waals surface area contributed by atoms with Crippen molar-refractivity contribution in [1.82, 2.24) is 15.5 Å². The third-order valence-electron chi connectivity index (χ3n) is 3.75. The molecule has 2 aromatic rings. The highest BCUT2D eigenvalue weighted by Gasteiger charge is 2.32. The van der Waals surface area contributed by atoms with Crippen molar-refractivity contribution in [3.05, 3.63) is 29.0 Å². The second kappa shape index (κ2) is 7.34. The summed E-state index contributed by atoms with van der Waals surface area (Å²) in [4.78, 5) is 24.3. The van der Waals surface area contributed by atoms with Gasteiger partial charge in [0.25, 0.3) is 0 Å². The molecule has 2 N–H and O–H groups in total. The van der Waals surface area contributed by atoms with Crippen LogP contribution in [0.5, 0.6) is 0 Å². The van der Waals surface area contributed by atoms with Gasteiger partial charge in [-0.1, -0.05) is 11.3 Å². The molecule has 10 heteroatoms. The molecule has 2 atom stereocenters. The molecule has 138 valence electrons. The smallest absolute Gasteiger partial charge is 0.414 e. The maximum absolute atomic E-state index is 14.5. The van der Waals surface area contributed by atoms with E-state index in [9.17, 15) is 19.1 Å². The van der Waals surface area contributed by atoms with Crippen molar-refractivity contribution < 1.29 is 23.8 Å². The first-order valence-electron chi connectivity index (χ1n) is 7.89. The Balaban J connectivity index is 1.76. The van der Waals surface area contributed by atoms with Crippen molar-refractivity contribution in [1.29, 1.82) is 0 Å². The van der Waals surface area contributed by atoms with E-state index in [1.807, 2.05) is 0 Å². The number of halogens is 1. The van der Waals surface area contributed by atoms with Gasteiger partial charge in [0.15, 0.2) is 5.01 Å². The van der Waals surface area contributed by atoms with Crippen LogP contribution in [0.3, 0.4) is 0 Å². The van der Waals surface area contributed by atoms with Gasteiger partial charge in [-0.3, -0.25) is 9.69 Å². The number of aliphatic hydroxyl groups is 1.